The van der Waals surface area contributed by atoms with Gasteiger partial charge in [-0.2, -0.15) is 0 Å². The molecule has 3 aromatic heterocycles. The molecule has 35 heavy (non-hydrogen) atoms. The van der Waals surface area contributed by atoms with Gasteiger partial charge < -0.3 is 19.9 Å². The van der Waals surface area contributed by atoms with Crippen LogP contribution < -0.4 is 15.0 Å². The lowest BCUT2D eigenvalue weighted by Gasteiger charge is -2.43. The molecule has 1 fully saturated rings. The Bertz CT molecular complexity index is 1340. The average molecular weight is 475 g/mol. The second-order valence-corrected chi connectivity index (χ2v) is 8.33. The van der Waals surface area contributed by atoms with E-state index in [0.717, 1.165) is 18.9 Å². The predicted molar refractivity (Wildman–Crippen MR) is 128 cm³/mol. The Labute approximate surface area is 201 Å². The number of halogens is 1. The summed E-state index contributed by atoms with van der Waals surface area (Å²) in [6, 6.07) is 11.7. The number of rotatable bonds is 7. The van der Waals surface area contributed by atoms with Crippen LogP contribution in [-0.2, 0) is 0 Å². The highest BCUT2D eigenvalue weighted by molar-refractivity contribution is 6.02. The smallest absolute Gasteiger partial charge is 0.277 e. The normalized spacial score (nSPS) is 13.5. The molecule has 0 atom stereocenters. The molecular formula is C24H23FN8O2. The Morgan fingerprint density at radius 2 is 2.03 bits per heavy atom. The summed E-state index contributed by atoms with van der Waals surface area (Å²) in [5.74, 6) is 0.169. The summed E-state index contributed by atoms with van der Waals surface area (Å²) in [5.41, 5.74) is 1.01. The van der Waals surface area contributed by atoms with Crippen LogP contribution in [0.15, 0.2) is 67.3 Å². The highest BCUT2D eigenvalue weighted by Gasteiger charge is 2.29. The quantitative estimate of drug-likeness (QED) is 0.436. The van der Waals surface area contributed by atoms with Gasteiger partial charge in [0.15, 0.2) is 17.3 Å². The van der Waals surface area contributed by atoms with Crippen molar-refractivity contribution in [3.05, 3.63) is 78.8 Å². The monoisotopic (exact) mass is 474 g/mol. The Balaban J connectivity index is 1.23. The van der Waals surface area contributed by atoms with E-state index in [1.165, 1.54) is 23.0 Å². The molecule has 0 radical (unpaired) electrons. The predicted octanol–water partition coefficient (Wildman–Crippen LogP) is 2.99. The van der Waals surface area contributed by atoms with Crippen molar-refractivity contribution in [2.24, 2.45) is 0 Å². The van der Waals surface area contributed by atoms with Crippen molar-refractivity contribution >= 4 is 17.4 Å². The molecular weight excluding hydrogens is 451 g/mol. The first-order valence-electron chi connectivity index (χ1n) is 11.0. The summed E-state index contributed by atoms with van der Waals surface area (Å²) < 4.78 is 21.9. The number of hydrogen-bond acceptors (Lipinski definition) is 8. The molecule has 0 saturated carbocycles. The van der Waals surface area contributed by atoms with E-state index in [1.54, 1.807) is 48.9 Å². The Morgan fingerprint density at radius 3 is 2.77 bits per heavy atom. The van der Waals surface area contributed by atoms with E-state index in [-0.39, 0.29) is 17.1 Å². The van der Waals surface area contributed by atoms with Crippen LogP contribution in [0.25, 0.3) is 5.69 Å². The second-order valence-electron chi connectivity index (χ2n) is 8.33. The molecule has 1 aromatic carbocycles. The van der Waals surface area contributed by atoms with Crippen LogP contribution in [0.1, 0.15) is 10.5 Å². The minimum absolute atomic E-state index is 0.0393. The maximum atomic E-state index is 14.7. The number of nitrogens with zero attached hydrogens (tertiary/aromatic N) is 7. The molecule has 0 aliphatic carbocycles. The number of carbonyl (C=O) groups is 1. The number of ether oxygens (including phenoxy) is 1. The number of benzene rings is 1. The fourth-order valence-electron chi connectivity index (χ4n) is 3.57. The van der Waals surface area contributed by atoms with Crippen LogP contribution >= 0.6 is 0 Å². The molecule has 178 valence electrons. The first kappa shape index (κ1) is 22.4. The Morgan fingerprint density at radius 1 is 1.17 bits per heavy atom. The molecule has 0 spiro atoms. The first-order chi connectivity index (χ1) is 17.0. The molecule has 4 heterocycles. The molecule has 10 nitrogen and oxygen atoms in total. The SMILES string of the molecule is CN(C)C1CN(c2cc(Oc3ccc(NC(=O)c4cn(-c5cccnc5)nn4)cc3F)ccn2)C1. The van der Waals surface area contributed by atoms with Gasteiger partial charge in [-0.05, 0) is 44.4 Å². The minimum atomic E-state index is -0.614. The van der Waals surface area contributed by atoms with E-state index in [9.17, 15) is 9.18 Å². The highest BCUT2D eigenvalue weighted by atomic mass is 19.1. The summed E-state index contributed by atoms with van der Waals surface area (Å²) in [5, 5.41) is 10.4. The summed E-state index contributed by atoms with van der Waals surface area (Å²) in [6.07, 6.45) is 6.34. The van der Waals surface area contributed by atoms with Crippen LogP contribution in [0.5, 0.6) is 11.5 Å². The number of carbonyl (C=O) groups excluding carboxylic acids is 1. The maximum Gasteiger partial charge on any atom is 0.277 e. The van der Waals surface area contributed by atoms with Gasteiger partial charge in [-0.3, -0.25) is 9.78 Å². The molecule has 1 amide bonds. The molecule has 1 aliphatic rings. The van der Waals surface area contributed by atoms with Gasteiger partial charge in [0.25, 0.3) is 5.91 Å². The van der Waals surface area contributed by atoms with Gasteiger partial charge in [0.2, 0.25) is 0 Å². The van der Waals surface area contributed by atoms with Crippen molar-refractivity contribution in [3.8, 4) is 17.2 Å². The van der Waals surface area contributed by atoms with Gasteiger partial charge in [-0.15, -0.1) is 5.10 Å². The molecule has 1 N–H and O–H groups in total. The van der Waals surface area contributed by atoms with E-state index >= 15 is 0 Å². The molecule has 1 aliphatic heterocycles. The van der Waals surface area contributed by atoms with Crippen LogP contribution in [0.3, 0.4) is 0 Å². The van der Waals surface area contributed by atoms with Crippen LogP contribution in [-0.4, -0.2) is 69.0 Å². The van der Waals surface area contributed by atoms with E-state index in [1.807, 2.05) is 0 Å². The lowest BCUT2D eigenvalue weighted by atomic mass is 10.1. The molecule has 11 heteroatoms. The van der Waals surface area contributed by atoms with Crippen LogP contribution in [0, 0.1) is 5.82 Å². The second kappa shape index (κ2) is 9.47. The third kappa shape index (κ3) is 4.94. The zero-order valence-corrected chi connectivity index (χ0v) is 19.2. The van der Waals surface area contributed by atoms with E-state index in [2.05, 4.69) is 49.5 Å². The van der Waals surface area contributed by atoms with E-state index in [4.69, 9.17) is 4.74 Å². The molecule has 5 rings (SSSR count). The number of aromatic nitrogens is 5. The lowest BCUT2D eigenvalue weighted by molar-refractivity contribution is 0.102. The van der Waals surface area contributed by atoms with Crippen molar-refractivity contribution in [1.29, 1.82) is 0 Å². The largest absolute Gasteiger partial charge is 0.454 e. The minimum Gasteiger partial charge on any atom is -0.454 e. The number of amides is 1. The zero-order valence-electron chi connectivity index (χ0n) is 19.2. The van der Waals surface area contributed by atoms with Gasteiger partial charge in [-0.25, -0.2) is 14.1 Å². The van der Waals surface area contributed by atoms with Gasteiger partial charge in [0.1, 0.15) is 11.6 Å². The Hall–Kier alpha value is -4.38. The van der Waals surface area contributed by atoms with Gasteiger partial charge in [0, 0.05) is 49.3 Å². The molecule has 1 saturated heterocycles. The number of anilines is 2. The Kier molecular flexibility index (Phi) is 6.06. The lowest BCUT2D eigenvalue weighted by Crippen LogP contribution is -2.57. The van der Waals surface area contributed by atoms with Crippen molar-refractivity contribution < 1.29 is 13.9 Å². The van der Waals surface area contributed by atoms with Gasteiger partial charge in [0.05, 0.1) is 18.1 Å². The fraction of sp³-hybridized carbons (Fsp3) is 0.208. The van der Waals surface area contributed by atoms with Crippen molar-refractivity contribution in [1.82, 2.24) is 29.9 Å². The third-order valence-electron chi connectivity index (χ3n) is 5.69. The summed E-state index contributed by atoms with van der Waals surface area (Å²) >= 11 is 0. The number of likely N-dealkylation sites (N-methyl/N-ethyl adjacent to an activating group) is 1. The van der Waals surface area contributed by atoms with Gasteiger partial charge >= 0.3 is 0 Å². The fourth-order valence-corrected chi connectivity index (χ4v) is 3.57. The van der Waals surface area contributed by atoms with Crippen LogP contribution in [0.4, 0.5) is 15.9 Å². The van der Waals surface area contributed by atoms with E-state index < -0.39 is 11.7 Å². The van der Waals surface area contributed by atoms with Crippen molar-refractivity contribution in [2.45, 2.75) is 6.04 Å². The standard InChI is InChI=1S/C24H23FN8O2/c1-31(2)18-13-32(14-18)23-11-19(7-9-27-23)35-22-6-5-16(10-20(22)25)28-24(34)21-15-33(30-29-21)17-4-3-8-26-12-17/h3-12,15,18H,13-14H2,1-2H3,(H,28,34). The highest BCUT2D eigenvalue weighted by Crippen LogP contribution is 2.30. The zero-order chi connectivity index (χ0) is 24.4. The van der Waals surface area contributed by atoms with Crippen molar-refractivity contribution in [2.75, 3.05) is 37.4 Å². The number of hydrogen-bond donors (Lipinski definition) is 1. The average Bonchev–Trinajstić information content (AvgIpc) is 3.31. The topological polar surface area (TPSA) is 101 Å². The van der Waals surface area contributed by atoms with Gasteiger partial charge in [-0.1, -0.05) is 5.21 Å². The molecule has 0 unspecified atom stereocenters. The van der Waals surface area contributed by atoms with E-state index in [0.29, 0.717) is 17.5 Å². The number of pyridine rings is 2. The number of nitrogens with one attached hydrogen (secondary N) is 1. The van der Waals surface area contributed by atoms with Crippen LogP contribution in [0.2, 0.25) is 0 Å². The molecule has 0 bridgehead atoms. The summed E-state index contributed by atoms with van der Waals surface area (Å²) in [7, 11) is 4.10. The summed E-state index contributed by atoms with van der Waals surface area (Å²) in [4.78, 5) is 25.2. The molecule has 4 aromatic rings. The maximum absolute atomic E-state index is 14.7. The summed E-state index contributed by atoms with van der Waals surface area (Å²) in [6.45, 7) is 1.75. The first-order valence-corrected chi connectivity index (χ1v) is 11.0. The third-order valence-corrected chi connectivity index (χ3v) is 5.69. The van der Waals surface area contributed by atoms with Crippen molar-refractivity contribution in [3.63, 3.8) is 0 Å².